The van der Waals surface area contributed by atoms with E-state index in [-0.39, 0.29) is 23.8 Å². The zero-order chi connectivity index (χ0) is 29.7. The normalized spacial score (nSPS) is 19.7. The summed E-state index contributed by atoms with van der Waals surface area (Å²) in [6.45, 7) is 8.93. The summed E-state index contributed by atoms with van der Waals surface area (Å²) in [5.74, 6) is 0.509. The summed E-state index contributed by atoms with van der Waals surface area (Å²) in [5, 5.41) is 25.8. The van der Waals surface area contributed by atoms with Gasteiger partial charge in [-0.3, -0.25) is 9.69 Å². The van der Waals surface area contributed by atoms with Gasteiger partial charge in [-0.1, -0.05) is 29.6 Å². The van der Waals surface area contributed by atoms with Crippen molar-refractivity contribution in [2.45, 2.75) is 45.4 Å². The number of benzene rings is 1. The van der Waals surface area contributed by atoms with E-state index in [1.807, 2.05) is 23.4 Å². The minimum absolute atomic E-state index is 0.0595. The quantitative estimate of drug-likeness (QED) is 0.337. The number of hydrogen-bond donors (Lipinski definition) is 1. The molecule has 2 atom stereocenters. The Hall–Kier alpha value is -3.64. The number of anilines is 3. The van der Waals surface area contributed by atoms with Crippen molar-refractivity contribution in [1.29, 1.82) is 5.26 Å². The van der Waals surface area contributed by atoms with Gasteiger partial charge in [0.15, 0.2) is 10.9 Å². The van der Waals surface area contributed by atoms with Gasteiger partial charge in [0.25, 0.3) is 0 Å². The van der Waals surface area contributed by atoms with Crippen molar-refractivity contribution in [1.82, 2.24) is 29.4 Å². The maximum Gasteiger partial charge on any atom is 0.236 e. The maximum atomic E-state index is 13.5. The van der Waals surface area contributed by atoms with Crippen LogP contribution >= 0.6 is 22.7 Å². The number of aliphatic hydroxyl groups excluding tert-OH is 1. The van der Waals surface area contributed by atoms with E-state index in [0.717, 1.165) is 34.7 Å². The number of likely N-dealkylation sites (tertiary alicyclic amines) is 1. The molecule has 0 saturated carbocycles. The standard InChI is InChI=1S/C28H32FN9O2S2/c1-5-21-25(34(4)26-32-24(22(10-30)41-26)18-6-8-19(29)9-7-18)38-27(31-21)42-28(33-38)36-11-16(2)37(17(3)12-36)15-23(40)35-13-20(39)14-35/h6-9,16-17,20,39H,5,11-15H2,1-4H3/t16-,17-/m0/s1. The van der Waals surface area contributed by atoms with E-state index < -0.39 is 6.10 Å². The van der Waals surface area contributed by atoms with E-state index in [1.165, 1.54) is 34.8 Å². The zero-order valence-electron chi connectivity index (χ0n) is 23.9. The Balaban J connectivity index is 1.25. The van der Waals surface area contributed by atoms with Crippen LogP contribution in [0.1, 0.15) is 31.3 Å². The Labute approximate surface area is 251 Å². The molecule has 5 heterocycles. The lowest BCUT2D eigenvalue weighted by molar-refractivity contribution is -0.143. The number of imidazole rings is 1. The van der Waals surface area contributed by atoms with Crippen LogP contribution in [0.5, 0.6) is 0 Å². The molecule has 3 aromatic heterocycles. The zero-order valence-corrected chi connectivity index (χ0v) is 25.5. The van der Waals surface area contributed by atoms with Crippen molar-refractivity contribution < 1.29 is 14.3 Å². The van der Waals surface area contributed by atoms with Crippen LogP contribution in [-0.4, -0.2) is 98.4 Å². The number of piperazine rings is 1. The number of carbonyl (C=O) groups excluding carboxylic acids is 1. The first-order valence-corrected chi connectivity index (χ1v) is 15.6. The molecule has 14 heteroatoms. The van der Waals surface area contributed by atoms with Crippen LogP contribution in [0.3, 0.4) is 0 Å². The highest BCUT2D eigenvalue weighted by atomic mass is 32.1. The summed E-state index contributed by atoms with van der Waals surface area (Å²) in [4.78, 5) is 31.7. The number of nitrogens with zero attached hydrogens (tertiary/aromatic N) is 9. The highest BCUT2D eigenvalue weighted by Crippen LogP contribution is 2.38. The predicted molar refractivity (Wildman–Crippen MR) is 161 cm³/mol. The van der Waals surface area contributed by atoms with E-state index in [9.17, 15) is 19.6 Å². The SMILES string of the molecule is CCc1nc2sc(N3C[C@H](C)N(CC(=O)N4CC(O)C4)[C@@H](C)C3)nn2c1N(C)c1nc(-c2ccc(F)cc2)c(C#N)s1. The molecule has 2 saturated heterocycles. The van der Waals surface area contributed by atoms with Gasteiger partial charge in [-0.2, -0.15) is 9.78 Å². The Bertz CT molecular complexity index is 1640. The van der Waals surface area contributed by atoms with Crippen LogP contribution in [0.15, 0.2) is 24.3 Å². The van der Waals surface area contributed by atoms with E-state index in [1.54, 1.807) is 17.0 Å². The van der Waals surface area contributed by atoms with Gasteiger partial charge in [0.1, 0.15) is 22.5 Å². The van der Waals surface area contributed by atoms with Crippen molar-refractivity contribution in [2.75, 3.05) is 49.6 Å². The van der Waals surface area contributed by atoms with Gasteiger partial charge >= 0.3 is 0 Å². The summed E-state index contributed by atoms with van der Waals surface area (Å²) in [7, 11) is 1.90. The average Bonchev–Trinajstić information content (AvgIpc) is 3.65. The molecule has 220 valence electrons. The smallest absolute Gasteiger partial charge is 0.236 e. The topological polar surface area (TPSA) is 117 Å². The maximum absolute atomic E-state index is 13.5. The molecule has 1 N–H and O–H groups in total. The average molecular weight is 610 g/mol. The molecule has 1 aromatic carbocycles. The highest BCUT2D eigenvalue weighted by molar-refractivity contribution is 7.20. The van der Waals surface area contributed by atoms with Crippen molar-refractivity contribution >= 4 is 49.6 Å². The van der Waals surface area contributed by atoms with Crippen LogP contribution in [0, 0.1) is 17.1 Å². The number of nitriles is 1. The van der Waals surface area contributed by atoms with Gasteiger partial charge in [-0.15, -0.1) is 5.10 Å². The lowest BCUT2D eigenvalue weighted by Crippen LogP contribution is -2.61. The molecule has 2 aliphatic heterocycles. The molecule has 42 heavy (non-hydrogen) atoms. The van der Waals surface area contributed by atoms with E-state index in [4.69, 9.17) is 15.1 Å². The number of β-amino-alcohol motifs (C(OH)–C–C–N with tert-alkyl or cyclic N) is 1. The first-order valence-electron chi connectivity index (χ1n) is 13.9. The molecule has 2 aliphatic rings. The van der Waals surface area contributed by atoms with E-state index in [0.29, 0.717) is 47.3 Å². The second-order valence-electron chi connectivity index (χ2n) is 10.9. The van der Waals surface area contributed by atoms with Gasteiger partial charge in [0.05, 0.1) is 18.3 Å². The third kappa shape index (κ3) is 5.11. The van der Waals surface area contributed by atoms with Gasteiger partial charge in [0, 0.05) is 50.9 Å². The molecule has 0 unspecified atom stereocenters. The third-order valence-corrected chi connectivity index (χ3v) is 9.92. The number of halogens is 1. The molecule has 6 rings (SSSR count). The number of aromatic nitrogens is 4. The molecule has 4 aromatic rings. The summed E-state index contributed by atoms with van der Waals surface area (Å²) < 4.78 is 15.4. The van der Waals surface area contributed by atoms with E-state index >= 15 is 0 Å². The summed E-state index contributed by atoms with van der Waals surface area (Å²) in [5.41, 5.74) is 2.08. The second kappa shape index (κ2) is 11.2. The van der Waals surface area contributed by atoms with Crippen LogP contribution in [0.2, 0.25) is 0 Å². The van der Waals surface area contributed by atoms with Crippen molar-refractivity contribution in [3.05, 3.63) is 40.7 Å². The molecular weight excluding hydrogens is 578 g/mol. The Morgan fingerprint density at radius 2 is 1.83 bits per heavy atom. The molecule has 0 aliphatic carbocycles. The number of rotatable bonds is 7. The first kappa shape index (κ1) is 28.5. The summed E-state index contributed by atoms with van der Waals surface area (Å²) in [6.07, 6.45) is 0.295. The van der Waals surface area contributed by atoms with E-state index in [2.05, 4.69) is 29.7 Å². The third-order valence-electron chi connectivity index (χ3n) is 7.92. The van der Waals surface area contributed by atoms with Crippen LogP contribution in [0.4, 0.5) is 20.5 Å². The Kier molecular flexibility index (Phi) is 7.61. The number of aryl methyl sites for hydroxylation is 1. The Morgan fingerprint density at radius 3 is 2.45 bits per heavy atom. The number of fused-ring (bicyclic) bond motifs is 1. The molecule has 0 spiro atoms. The number of aliphatic hydroxyl groups is 1. The fraction of sp³-hybridized carbons (Fsp3) is 0.464. The second-order valence-corrected chi connectivity index (χ2v) is 12.8. The molecule has 2 fully saturated rings. The van der Waals surface area contributed by atoms with Crippen molar-refractivity contribution in [3.63, 3.8) is 0 Å². The lowest BCUT2D eigenvalue weighted by atomic mass is 10.1. The van der Waals surface area contributed by atoms with Gasteiger partial charge in [-0.25, -0.2) is 14.4 Å². The van der Waals surface area contributed by atoms with Gasteiger partial charge < -0.3 is 19.8 Å². The fourth-order valence-electron chi connectivity index (χ4n) is 5.63. The summed E-state index contributed by atoms with van der Waals surface area (Å²) in [6, 6.07) is 8.49. The number of carbonyl (C=O) groups is 1. The Morgan fingerprint density at radius 1 is 1.14 bits per heavy atom. The number of hydrogen-bond acceptors (Lipinski definition) is 11. The highest BCUT2D eigenvalue weighted by Gasteiger charge is 2.36. The fourth-order valence-corrected chi connectivity index (χ4v) is 7.41. The van der Waals surface area contributed by atoms with Crippen molar-refractivity contribution in [2.24, 2.45) is 0 Å². The predicted octanol–water partition coefficient (Wildman–Crippen LogP) is 3.36. The minimum Gasteiger partial charge on any atom is -0.389 e. The van der Waals surface area contributed by atoms with Crippen molar-refractivity contribution in [3.8, 4) is 17.3 Å². The van der Waals surface area contributed by atoms with Crippen LogP contribution < -0.4 is 9.80 Å². The molecule has 0 bridgehead atoms. The van der Waals surface area contributed by atoms with Gasteiger partial charge in [-0.05, 0) is 44.5 Å². The number of thiazole rings is 1. The lowest BCUT2D eigenvalue weighted by Gasteiger charge is -2.45. The first-order chi connectivity index (χ1) is 20.2. The largest absolute Gasteiger partial charge is 0.389 e. The summed E-state index contributed by atoms with van der Waals surface area (Å²) >= 11 is 2.80. The molecule has 11 nitrogen and oxygen atoms in total. The molecular formula is C28H32FN9O2S2. The number of amides is 1. The molecule has 1 amide bonds. The monoisotopic (exact) mass is 609 g/mol. The van der Waals surface area contributed by atoms with Gasteiger partial charge in [0.2, 0.25) is 16.0 Å². The molecule has 0 radical (unpaired) electrons. The van der Waals surface area contributed by atoms with Crippen LogP contribution in [-0.2, 0) is 11.2 Å². The minimum atomic E-state index is -0.400. The van der Waals surface area contributed by atoms with Crippen LogP contribution in [0.25, 0.3) is 16.2 Å².